The SMILES string of the molecule is Cc1cc(C(=O)N/N=C/c2cn[nH]c2-c2ccc(Cl)cc2)c2cccc(C)c2n1. The first kappa shape index (κ1) is 18.8. The predicted octanol–water partition coefficient (Wildman–Crippen LogP) is 4.66. The third kappa shape index (κ3) is 3.88. The van der Waals surface area contributed by atoms with Crippen LogP contribution in [0.3, 0.4) is 0 Å². The lowest BCUT2D eigenvalue weighted by Crippen LogP contribution is -2.18. The van der Waals surface area contributed by atoms with Gasteiger partial charge in [0.25, 0.3) is 5.91 Å². The number of aryl methyl sites for hydroxylation is 2. The molecular formula is C22H18ClN5O. The van der Waals surface area contributed by atoms with Crippen molar-refractivity contribution >= 4 is 34.6 Å². The van der Waals surface area contributed by atoms with Crippen LogP contribution in [0.1, 0.15) is 27.2 Å². The van der Waals surface area contributed by atoms with Gasteiger partial charge in [0, 0.05) is 27.2 Å². The normalized spacial score (nSPS) is 11.3. The smallest absolute Gasteiger partial charge is 0.272 e. The molecule has 0 saturated carbocycles. The van der Waals surface area contributed by atoms with E-state index in [1.165, 1.54) is 0 Å². The molecule has 1 amide bonds. The zero-order valence-electron chi connectivity index (χ0n) is 15.9. The maximum absolute atomic E-state index is 12.8. The zero-order chi connectivity index (χ0) is 20.4. The maximum atomic E-state index is 12.8. The molecule has 2 heterocycles. The Labute approximate surface area is 172 Å². The van der Waals surface area contributed by atoms with Crippen molar-refractivity contribution < 1.29 is 4.79 Å². The van der Waals surface area contributed by atoms with Gasteiger partial charge in [0.15, 0.2) is 0 Å². The van der Waals surface area contributed by atoms with Crippen molar-refractivity contribution in [3.63, 3.8) is 0 Å². The molecule has 6 nitrogen and oxygen atoms in total. The fourth-order valence-corrected chi connectivity index (χ4v) is 3.30. The quantitative estimate of drug-likeness (QED) is 0.384. The minimum atomic E-state index is -0.293. The third-order valence-corrected chi connectivity index (χ3v) is 4.84. The van der Waals surface area contributed by atoms with E-state index in [-0.39, 0.29) is 5.91 Å². The number of H-pyrrole nitrogens is 1. The highest BCUT2D eigenvalue weighted by Gasteiger charge is 2.13. The minimum absolute atomic E-state index is 0.293. The first-order chi connectivity index (χ1) is 14.0. The Kier molecular flexibility index (Phi) is 5.10. The maximum Gasteiger partial charge on any atom is 0.272 e. The van der Waals surface area contributed by atoms with Gasteiger partial charge in [-0.05, 0) is 37.6 Å². The highest BCUT2D eigenvalue weighted by atomic mass is 35.5. The highest BCUT2D eigenvalue weighted by molar-refractivity contribution is 6.30. The van der Waals surface area contributed by atoms with Crippen LogP contribution in [-0.2, 0) is 0 Å². The number of carbonyl (C=O) groups excluding carboxylic acids is 1. The van der Waals surface area contributed by atoms with Crippen molar-refractivity contribution in [2.24, 2.45) is 5.10 Å². The van der Waals surface area contributed by atoms with E-state index in [4.69, 9.17) is 11.6 Å². The van der Waals surface area contributed by atoms with Crippen LogP contribution >= 0.6 is 11.6 Å². The number of aromatic nitrogens is 3. The molecule has 0 radical (unpaired) electrons. The molecule has 0 fully saturated rings. The summed E-state index contributed by atoms with van der Waals surface area (Å²) < 4.78 is 0. The van der Waals surface area contributed by atoms with E-state index in [1.807, 2.05) is 44.2 Å². The number of nitrogens with zero attached hydrogens (tertiary/aromatic N) is 3. The Hall–Kier alpha value is -3.51. The van der Waals surface area contributed by atoms with Gasteiger partial charge in [-0.2, -0.15) is 10.2 Å². The lowest BCUT2D eigenvalue weighted by atomic mass is 10.0. The van der Waals surface area contributed by atoms with Crippen LogP contribution in [0.25, 0.3) is 22.2 Å². The fourth-order valence-electron chi connectivity index (χ4n) is 3.17. The largest absolute Gasteiger partial charge is 0.277 e. The summed E-state index contributed by atoms with van der Waals surface area (Å²) >= 11 is 5.95. The van der Waals surface area contributed by atoms with Crippen LogP contribution in [0.2, 0.25) is 5.02 Å². The number of hydrogen-bond donors (Lipinski definition) is 2. The Bertz CT molecular complexity index is 1230. The average molecular weight is 404 g/mol. The minimum Gasteiger partial charge on any atom is -0.277 e. The number of fused-ring (bicyclic) bond motifs is 1. The van der Waals surface area contributed by atoms with Crippen molar-refractivity contribution in [1.29, 1.82) is 0 Å². The predicted molar refractivity (Wildman–Crippen MR) is 115 cm³/mol. The molecule has 0 spiro atoms. The van der Waals surface area contributed by atoms with E-state index >= 15 is 0 Å². The number of amides is 1. The summed E-state index contributed by atoms with van der Waals surface area (Å²) in [7, 11) is 0. The second-order valence-electron chi connectivity index (χ2n) is 6.69. The van der Waals surface area contributed by atoms with Crippen LogP contribution < -0.4 is 5.43 Å². The topological polar surface area (TPSA) is 83.0 Å². The van der Waals surface area contributed by atoms with Gasteiger partial charge >= 0.3 is 0 Å². The monoisotopic (exact) mass is 403 g/mol. The van der Waals surface area contributed by atoms with Gasteiger partial charge in [-0.1, -0.05) is 41.9 Å². The lowest BCUT2D eigenvalue weighted by Gasteiger charge is -2.08. The molecule has 29 heavy (non-hydrogen) atoms. The molecule has 0 bridgehead atoms. The molecule has 2 N–H and O–H groups in total. The summed E-state index contributed by atoms with van der Waals surface area (Å²) in [5.41, 5.74) is 8.23. The Balaban J connectivity index is 1.58. The number of aromatic amines is 1. The van der Waals surface area contributed by atoms with E-state index in [2.05, 4.69) is 25.7 Å². The van der Waals surface area contributed by atoms with Crippen LogP contribution in [-0.4, -0.2) is 27.3 Å². The van der Waals surface area contributed by atoms with Crippen LogP contribution in [0.5, 0.6) is 0 Å². The van der Waals surface area contributed by atoms with Crippen molar-refractivity contribution in [1.82, 2.24) is 20.6 Å². The van der Waals surface area contributed by atoms with Crippen molar-refractivity contribution in [2.45, 2.75) is 13.8 Å². The summed E-state index contributed by atoms with van der Waals surface area (Å²) in [6.45, 7) is 3.85. The van der Waals surface area contributed by atoms with Crippen molar-refractivity contribution in [2.75, 3.05) is 0 Å². The molecule has 4 rings (SSSR count). The van der Waals surface area contributed by atoms with E-state index < -0.39 is 0 Å². The summed E-state index contributed by atoms with van der Waals surface area (Å²) in [4.78, 5) is 17.3. The molecule has 2 aromatic carbocycles. The van der Waals surface area contributed by atoms with Gasteiger partial charge < -0.3 is 0 Å². The molecule has 2 aromatic heterocycles. The Morgan fingerprint density at radius 3 is 2.76 bits per heavy atom. The number of hydrazone groups is 1. The standard InChI is InChI=1S/C22H18ClN5O/c1-13-4-3-5-18-19(10-14(2)26-20(13)18)22(29)28-25-12-16-11-24-27-21(16)15-6-8-17(23)9-7-15/h3-12H,1-2H3,(H,24,27)(H,28,29)/b25-12+. The van der Waals surface area contributed by atoms with Gasteiger partial charge in [-0.25, -0.2) is 5.43 Å². The van der Waals surface area contributed by atoms with Gasteiger partial charge in [-0.15, -0.1) is 0 Å². The lowest BCUT2D eigenvalue weighted by molar-refractivity contribution is 0.0956. The molecule has 0 aliphatic carbocycles. The van der Waals surface area contributed by atoms with Gasteiger partial charge in [0.1, 0.15) is 0 Å². The number of para-hydroxylation sites is 1. The summed E-state index contributed by atoms with van der Waals surface area (Å²) in [6.07, 6.45) is 3.21. The second kappa shape index (κ2) is 7.85. The summed E-state index contributed by atoms with van der Waals surface area (Å²) in [5, 5.41) is 12.6. The van der Waals surface area contributed by atoms with Crippen molar-refractivity contribution in [3.05, 3.63) is 82.1 Å². The molecule has 4 aromatic rings. The summed E-state index contributed by atoms with van der Waals surface area (Å²) in [6, 6.07) is 14.9. The van der Waals surface area contributed by atoms with E-state index in [0.717, 1.165) is 39.0 Å². The number of benzene rings is 2. The Morgan fingerprint density at radius 2 is 1.97 bits per heavy atom. The first-order valence-corrected chi connectivity index (χ1v) is 9.40. The fraction of sp³-hybridized carbons (Fsp3) is 0.0909. The van der Waals surface area contributed by atoms with Gasteiger partial charge in [0.05, 0.1) is 29.2 Å². The van der Waals surface area contributed by atoms with E-state index in [0.29, 0.717) is 10.6 Å². The van der Waals surface area contributed by atoms with E-state index in [9.17, 15) is 4.79 Å². The number of pyridine rings is 1. The average Bonchev–Trinajstić information content (AvgIpc) is 3.17. The molecule has 7 heteroatoms. The number of carbonyl (C=O) groups is 1. The number of nitrogens with one attached hydrogen (secondary N) is 2. The molecular weight excluding hydrogens is 386 g/mol. The number of rotatable bonds is 4. The third-order valence-electron chi connectivity index (χ3n) is 4.59. The molecule has 0 unspecified atom stereocenters. The number of hydrogen-bond acceptors (Lipinski definition) is 4. The second-order valence-corrected chi connectivity index (χ2v) is 7.13. The van der Waals surface area contributed by atoms with E-state index in [1.54, 1.807) is 30.6 Å². The first-order valence-electron chi connectivity index (χ1n) is 9.02. The molecule has 144 valence electrons. The van der Waals surface area contributed by atoms with Crippen LogP contribution in [0.15, 0.2) is 59.8 Å². The van der Waals surface area contributed by atoms with Crippen LogP contribution in [0.4, 0.5) is 0 Å². The van der Waals surface area contributed by atoms with Gasteiger partial charge in [-0.3, -0.25) is 14.9 Å². The van der Waals surface area contributed by atoms with Crippen molar-refractivity contribution in [3.8, 4) is 11.3 Å². The summed E-state index contributed by atoms with van der Waals surface area (Å²) in [5.74, 6) is -0.293. The van der Waals surface area contributed by atoms with Crippen LogP contribution in [0, 0.1) is 13.8 Å². The van der Waals surface area contributed by atoms with Gasteiger partial charge in [0.2, 0.25) is 0 Å². The molecule has 0 aliphatic rings. The molecule has 0 atom stereocenters. The molecule has 0 aliphatic heterocycles. The Morgan fingerprint density at radius 1 is 1.17 bits per heavy atom. The highest BCUT2D eigenvalue weighted by Crippen LogP contribution is 2.23. The molecule has 0 saturated heterocycles. The number of halogens is 1. The zero-order valence-corrected chi connectivity index (χ0v) is 16.7.